The van der Waals surface area contributed by atoms with E-state index in [9.17, 15) is 24.0 Å². The highest BCUT2D eigenvalue weighted by atomic mass is 16.6. The fraction of sp³-hybridized carbons (Fsp3) is 0.522. The van der Waals surface area contributed by atoms with Crippen molar-refractivity contribution in [3.8, 4) is 0 Å². The second-order valence-electron chi connectivity index (χ2n) is 9.36. The zero-order chi connectivity index (χ0) is 23.3. The van der Waals surface area contributed by atoms with E-state index in [4.69, 9.17) is 4.74 Å². The number of hydrogen-bond acceptors (Lipinski definition) is 7. The first-order valence-electron chi connectivity index (χ1n) is 11.3. The van der Waals surface area contributed by atoms with Crippen molar-refractivity contribution in [1.29, 1.82) is 0 Å². The second-order valence-corrected chi connectivity index (χ2v) is 9.36. The molecule has 3 saturated heterocycles. The van der Waals surface area contributed by atoms with Crippen LogP contribution < -0.4 is 10.2 Å². The molecular weight excluding hydrogens is 428 g/mol. The third-order valence-electron chi connectivity index (χ3n) is 6.88. The van der Waals surface area contributed by atoms with Crippen LogP contribution in [0.2, 0.25) is 0 Å². The van der Waals surface area contributed by atoms with Gasteiger partial charge in [0.25, 0.3) is 11.8 Å². The molecule has 1 aromatic rings. The number of carbonyl (C=O) groups excluding carboxylic acids is 5. The maximum Gasteiger partial charge on any atom is 0.409 e. The molecule has 174 valence electrons. The number of hydrogen-bond donors (Lipinski definition) is 1. The molecule has 5 rings (SSSR count). The average molecular weight is 454 g/mol. The van der Waals surface area contributed by atoms with Gasteiger partial charge in [0, 0.05) is 43.7 Å². The summed E-state index contributed by atoms with van der Waals surface area (Å²) in [7, 11) is 0. The smallest absolute Gasteiger partial charge is 0.409 e. The van der Waals surface area contributed by atoms with Crippen LogP contribution in [0, 0.1) is 5.41 Å². The molecule has 4 aliphatic heterocycles. The Labute approximate surface area is 190 Å². The lowest BCUT2D eigenvalue weighted by atomic mass is 9.73. The Morgan fingerprint density at radius 2 is 1.82 bits per heavy atom. The van der Waals surface area contributed by atoms with Crippen LogP contribution in [0.25, 0.3) is 0 Å². The van der Waals surface area contributed by atoms with Gasteiger partial charge in [-0.1, -0.05) is 13.3 Å². The number of rotatable bonds is 5. The van der Waals surface area contributed by atoms with E-state index in [1.165, 1.54) is 0 Å². The Morgan fingerprint density at radius 1 is 1.09 bits per heavy atom. The van der Waals surface area contributed by atoms with Crippen LogP contribution in [0.3, 0.4) is 0 Å². The number of nitrogens with one attached hydrogen (secondary N) is 1. The van der Waals surface area contributed by atoms with Crippen molar-refractivity contribution in [2.45, 2.75) is 38.6 Å². The quantitative estimate of drug-likeness (QED) is 0.524. The Balaban J connectivity index is 1.21. The van der Waals surface area contributed by atoms with E-state index in [0.717, 1.165) is 36.5 Å². The van der Waals surface area contributed by atoms with E-state index in [2.05, 4.69) is 10.2 Å². The summed E-state index contributed by atoms with van der Waals surface area (Å²) >= 11 is 0. The molecule has 0 radical (unpaired) electrons. The van der Waals surface area contributed by atoms with Crippen LogP contribution in [-0.2, 0) is 14.3 Å². The minimum Gasteiger partial charge on any atom is -0.449 e. The number of fused-ring (bicyclic) bond motifs is 1. The van der Waals surface area contributed by atoms with Crippen molar-refractivity contribution >= 4 is 35.4 Å². The number of anilines is 1. The van der Waals surface area contributed by atoms with E-state index in [1.54, 1.807) is 23.1 Å². The average Bonchev–Trinajstić information content (AvgIpc) is 2.96. The first kappa shape index (κ1) is 21.4. The van der Waals surface area contributed by atoms with Crippen molar-refractivity contribution in [1.82, 2.24) is 15.1 Å². The molecule has 0 aliphatic carbocycles. The highest BCUT2D eigenvalue weighted by molar-refractivity contribution is 6.23. The number of piperidine rings is 1. The first-order chi connectivity index (χ1) is 15.8. The Kier molecular flexibility index (Phi) is 5.10. The standard InChI is InChI=1S/C23H26N4O6/c1-2-3-8-33-22(32)26-12-23(13-26)10-25(11-23)14-4-5-15-16(9-14)21(31)27(20(15)30)17-6-7-18(28)24-19(17)29/h4-5,9,17H,2-3,6-8,10-13H2,1H3,(H,24,28,29). The zero-order valence-electron chi connectivity index (χ0n) is 18.5. The third-order valence-corrected chi connectivity index (χ3v) is 6.88. The summed E-state index contributed by atoms with van der Waals surface area (Å²) in [6, 6.07) is 4.16. The van der Waals surface area contributed by atoms with Crippen molar-refractivity contribution < 1.29 is 28.7 Å². The number of benzene rings is 1. The molecule has 10 heteroatoms. The van der Waals surface area contributed by atoms with E-state index in [0.29, 0.717) is 19.7 Å². The molecule has 3 fully saturated rings. The van der Waals surface area contributed by atoms with Crippen molar-refractivity contribution in [2.75, 3.05) is 37.7 Å². The molecule has 0 bridgehead atoms. The second kappa shape index (κ2) is 7.86. The van der Waals surface area contributed by atoms with Gasteiger partial charge in [0.05, 0.1) is 17.7 Å². The van der Waals surface area contributed by atoms with Gasteiger partial charge in [-0.3, -0.25) is 29.4 Å². The largest absolute Gasteiger partial charge is 0.449 e. The molecule has 1 N–H and O–H groups in total. The number of amides is 5. The predicted octanol–water partition coefficient (Wildman–Crippen LogP) is 1.15. The van der Waals surface area contributed by atoms with Crippen molar-refractivity contribution in [2.24, 2.45) is 5.41 Å². The molecule has 0 aromatic heterocycles. The first-order valence-corrected chi connectivity index (χ1v) is 11.3. The van der Waals surface area contributed by atoms with E-state index in [-0.39, 0.29) is 35.5 Å². The minimum atomic E-state index is -0.969. The molecule has 5 amide bonds. The molecule has 1 aromatic carbocycles. The molecule has 4 heterocycles. The molecule has 1 unspecified atom stereocenters. The fourth-order valence-corrected chi connectivity index (χ4v) is 5.09. The van der Waals surface area contributed by atoms with Gasteiger partial charge in [-0.15, -0.1) is 0 Å². The number of ether oxygens (including phenoxy) is 1. The van der Waals surface area contributed by atoms with Gasteiger partial charge in [-0.25, -0.2) is 4.79 Å². The fourth-order valence-electron chi connectivity index (χ4n) is 5.09. The monoisotopic (exact) mass is 454 g/mol. The number of carbonyl (C=O) groups is 5. The molecule has 1 atom stereocenters. The van der Waals surface area contributed by atoms with Gasteiger partial charge in [-0.05, 0) is 31.0 Å². The van der Waals surface area contributed by atoms with Crippen LogP contribution in [0.1, 0.15) is 53.3 Å². The zero-order valence-corrected chi connectivity index (χ0v) is 18.5. The number of nitrogens with zero attached hydrogens (tertiary/aromatic N) is 3. The van der Waals surface area contributed by atoms with E-state index >= 15 is 0 Å². The normalized spacial score (nSPS) is 23.3. The molecular formula is C23H26N4O6. The molecule has 4 aliphatic rings. The van der Waals surface area contributed by atoms with E-state index in [1.807, 2.05) is 6.92 Å². The van der Waals surface area contributed by atoms with Crippen LogP contribution in [0.15, 0.2) is 18.2 Å². The van der Waals surface area contributed by atoms with Crippen LogP contribution in [0.4, 0.5) is 10.5 Å². The Morgan fingerprint density at radius 3 is 2.52 bits per heavy atom. The molecule has 10 nitrogen and oxygen atoms in total. The summed E-state index contributed by atoms with van der Waals surface area (Å²) in [5, 5.41) is 2.20. The summed E-state index contributed by atoms with van der Waals surface area (Å²) in [6.45, 7) is 5.31. The highest BCUT2D eigenvalue weighted by Gasteiger charge is 2.54. The summed E-state index contributed by atoms with van der Waals surface area (Å²) in [5.74, 6) is -2.03. The van der Waals surface area contributed by atoms with Crippen molar-refractivity contribution in [3.63, 3.8) is 0 Å². The summed E-state index contributed by atoms with van der Waals surface area (Å²) < 4.78 is 5.26. The van der Waals surface area contributed by atoms with Crippen LogP contribution >= 0.6 is 0 Å². The molecule has 1 spiro atoms. The Hall–Kier alpha value is -3.43. The lowest BCUT2D eigenvalue weighted by Gasteiger charge is -2.60. The van der Waals surface area contributed by atoms with Crippen molar-refractivity contribution in [3.05, 3.63) is 29.3 Å². The van der Waals surface area contributed by atoms with E-state index < -0.39 is 29.7 Å². The van der Waals surface area contributed by atoms with Gasteiger partial charge in [-0.2, -0.15) is 0 Å². The van der Waals surface area contributed by atoms with Gasteiger partial charge < -0.3 is 14.5 Å². The number of unbranched alkanes of at least 4 members (excludes halogenated alkanes) is 1. The van der Waals surface area contributed by atoms with Crippen LogP contribution in [-0.4, -0.2) is 78.3 Å². The van der Waals surface area contributed by atoms with Crippen LogP contribution in [0.5, 0.6) is 0 Å². The maximum atomic E-state index is 13.0. The minimum absolute atomic E-state index is 0.0430. The third kappa shape index (κ3) is 3.53. The topological polar surface area (TPSA) is 116 Å². The SMILES string of the molecule is CCCCOC(=O)N1CC2(C1)CN(c1ccc3c(c1)C(=O)N(C1CCC(=O)NC1=O)C3=O)C2. The molecule has 0 saturated carbocycles. The number of likely N-dealkylation sites (tertiary alicyclic amines) is 1. The summed E-state index contributed by atoms with van der Waals surface area (Å²) in [4.78, 5) is 66.3. The highest BCUT2D eigenvalue weighted by Crippen LogP contribution is 2.43. The predicted molar refractivity (Wildman–Crippen MR) is 116 cm³/mol. The lowest BCUT2D eigenvalue weighted by Crippen LogP contribution is -2.73. The lowest BCUT2D eigenvalue weighted by molar-refractivity contribution is -0.136. The van der Waals surface area contributed by atoms with Gasteiger partial charge in [0.1, 0.15) is 6.04 Å². The molecule has 33 heavy (non-hydrogen) atoms. The summed E-state index contributed by atoms with van der Waals surface area (Å²) in [6.07, 6.45) is 1.80. The van der Waals surface area contributed by atoms with Gasteiger partial charge in [0.2, 0.25) is 11.8 Å². The Bertz CT molecular complexity index is 1060. The maximum absolute atomic E-state index is 13.0. The summed E-state index contributed by atoms with van der Waals surface area (Å²) in [5.41, 5.74) is 1.42. The number of imide groups is 2. The van der Waals surface area contributed by atoms with Gasteiger partial charge in [0.15, 0.2) is 0 Å². The van der Waals surface area contributed by atoms with Gasteiger partial charge >= 0.3 is 6.09 Å².